The molecular weight excluding hydrogens is 286 g/mol. The van der Waals surface area contributed by atoms with Crippen molar-refractivity contribution in [1.82, 2.24) is 0 Å². The molecule has 0 heterocycles. The summed E-state index contributed by atoms with van der Waals surface area (Å²) >= 11 is 0. The Morgan fingerprint density at radius 1 is 0.864 bits per heavy atom. The highest BCUT2D eigenvalue weighted by Gasteiger charge is 2.24. The summed E-state index contributed by atoms with van der Waals surface area (Å²) in [5.74, 6) is -3.67. The molecule has 0 aromatic carbocycles. The van der Waals surface area contributed by atoms with Crippen LogP contribution < -0.4 is 5.73 Å². The van der Waals surface area contributed by atoms with E-state index in [1.807, 2.05) is 0 Å². The van der Waals surface area contributed by atoms with Crippen molar-refractivity contribution in [2.75, 3.05) is 0 Å². The van der Waals surface area contributed by atoms with Crippen molar-refractivity contribution >= 4 is 11.9 Å². The molecule has 0 rings (SSSR count). The zero-order chi connectivity index (χ0) is 17.4. The predicted molar refractivity (Wildman–Crippen MR) is 86.5 cm³/mol. The van der Waals surface area contributed by atoms with Gasteiger partial charge in [-0.05, 0) is 13.3 Å². The van der Waals surface area contributed by atoms with Crippen molar-refractivity contribution < 1.29 is 24.9 Å². The minimum absolute atomic E-state index is 0.250. The molecule has 1 atom stereocenters. The number of nitrogens with two attached hydrogens (primary N) is 1. The van der Waals surface area contributed by atoms with E-state index in [1.54, 1.807) is 0 Å². The summed E-state index contributed by atoms with van der Waals surface area (Å²) in [6, 6.07) is 0. The van der Waals surface area contributed by atoms with Crippen molar-refractivity contribution in [2.45, 2.75) is 84.3 Å². The molecule has 0 fully saturated rings. The minimum atomic E-state index is -1.23. The number of hydrogen-bond donors (Lipinski definition) is 4. The Hall–Kier alpha value is -1.14. The van der Waals surface area contributed by atoms with Gasteiger partial charge in [0.1, 0.15) is 0 Å². The van der Waals surface area contributed by atoms with Crippen LogP contribution >= 0.6 is 0 Å². The van der Waals surface area contributed by atoms with Crippen LogP contribution in [0.3, 0.4) is 0 Å². The Balaban J connectivity index is 0. The number of rotatable bonds is 12. The molecule has 0 aliphatic rings. The van der Waals surface area contributed by atoms with E-state index in [9.17, 15) is 9.59 Å². The van der Waals surface area contributed by atoms with Crippen LogP contribution in [0.1, 0.15) is 78.1 Å². The fourth-order valence-electron chi connectivity index (χ4n) is 2.01. The van der Waals surface area contributed by atoms with Crippen LogP contribution in [0.15, 0.2) is 0 Å². The molecule has 0 aliphatic carbocycles. The van der Waals surface area contributed by atoms with Gasteiger partial charge in [-0.1, -0.05) is 64.7 Å². The van der Waals surface area contributed by atoms with Crippen molar-refractivity contribution in [3.8, 4) is 0 Å². The first-order valence-electron chi connectivity index (χ1n) is 8.22. The third kappa shape index (κ3) is 18.9. The largest absolute Gasteiger partial charge is 0.481 e. The van der Waals surface area contributed by atoms with Gasteiger partial charge in [-0.2, -0.15) is 0 Å². The Kier molecular flexibility index (Phi) is 17.1. The second kappa shape index (κ2) is 16.2. The number of aliphatic hydroxyl groups excluding tert-OH is 1. The summed E-state index contributed by atoms with van der Waals surface area (Å²) in [4.78, 5) is 21.3. The second-order valence-corrected chi connectivity index (χ2v) is 5.59. The molecular formula is C16H33NO5. The summed E-state index contributed by atoms with van der Waals surface area (Å²) < 4.78 is 0. The molecule has 6 nitrogen and oxygen atoms in total. The number of hydrogen-bond acceptors (Lipinski definition) is 4. The highest BCUT2D eigenvalue weighted by Crippen LogP contribution is 2.14. The molecule has 0 saturated heterocycles. The SMILES string of the molecule is CC(N)O.CCCCCCCCCCCC(C(=O)O)C(=O)O. The Morgan fingerprint density at radius 3 is 1.50 bits per heavy atom. The minimum Gasteiger partial charge on any atom is -0.481 e. The first kappa shape index (κ1) is 23.1. The first-order chi connectivity index (χ1) is 10.3. The number of aliphatic carboxylic acids is 2. The zero-order valence-corrected chi connectivity index (χ0v) is 14.0. The molecule has 0 amide bonds. The smallest absolute Gasteiger partial charge is 0.317 e. The maximum Gasteiger partial charge on any atom is 0.317 e. The van der Waals surface area contributed by atoms with Gasteiger partial charge < -0.3 is 21.1 Å². The van der Waals surface area contributed by atoms with Gasteiger partial charge in [0.15, 0.2) is 5.92 Å². The maximum absolute atomic E-state index is 10.6. The number of carboxylic acid groups (broad SMARTS) is 2. The molecule has 0 spiro atoms. The summed E-state index contributed by atoms with van der Waals surface area (Å²) in [5, 5.41) is 25.2. The lowest BCUT2D eigenvalue weighted by atomic mass is 10.00. The third-order valence-corrected chi connectivity index (χ3v) is 3.19. The maximum atomic E-state index is 10.6. The molecule has 0 radical (unpaired) electrons. The fraction of sp³-hybridized carbons (Fsp3) is 0.875. The predicted octanol–water partition coefficient (Wildman–Crippen LogP) is 2.98. The van der Waals surface area contributed by atoms with E-state index in [4.69, 9.17) is 15.3 Å². The molecule has 22 heavy (non-hydrogen) atoms. The van der Waals surface area contributed by atoms with Crippen molar-refractivity contribution in [3.05, 3.63) is 0 Å². The molecule has 0 aliphatic heterocycles. The summed E-state index contributed by atoms with van der Waals surface area (Å²) in [6.45, 7) is 3.70. The van der Waals surface area contributed by atoms with Crippen molar-refractivity contribution in [3.63, 3.8) is 0 Å². The van der Waals surface area contributed by atoms with Crippen LogP contribution in [0, 0.1) is 5.92 Å². The quantitative estimate of drug-likeness (QED) is 0.249. The Morgan fingerprint density at radius 2 is 1.18 bits per heavy atom. The number of aliphatic hydroxyl groups is 1. The molecule has 0 saturated carbocycles. The molecule has 0 bridgehead atoms. The van der Waals surface area contributed by atoms with E-state index in [-0.39, 0.29) is 6.42 Å². The number of unbranched alkanes of at least 4 members (excludes halogenated alkanes) is 8. The average Bonchev–Trinajstić information content (AvgIpc) is 2.39. The second-order valence-electron chi connectivity index (χ2n) is 5.59. The van der Waals surface area contributed by atoms with E-state index in [1.165, 1.54) is 45.4 Å². The number of carbonyl (C=O) groups is 2. The van der Waals surface area contributed by atoms with Crippen LogP contribution in [0.4, 0.5) is 0 Å². The van der Waals surface area contributed by atoms with Gasteiger partial charge in [-0.25, -0.2) is 0 Å². The van der Waals surface area contributed by atoms with Gasteiger partial charge in [-0.15, -0.1) is 0 Å². The van der Waals surface area contributed by atoms with Crippen LogP contribution in [-0.2, 0) is 9.59 Å². The van der Waals surface area contributed by atoms with Gasteiger partial charge in [0.05, 0.1) is 6.23 Å². The standard InChI is InChI=1S/C14H26O4.C2H7NO/c1-2-3-4-5-6-7-8-9-10-11-12(13(15)16)14(17)18;1-2(3)4/h12H,2-11H2,1H3,(H,15,16)(H,17,18);2,4H,3H2,1H3. The molecule has 1 unspecified atom stereocenters. The van der Waals surface area contributed by atoms with Gasteiger partial charge in [0, 0.05) is 0 Å². The molecule has 6 heteroatoms. The van der Waals surface area contributed by atoms with Gasteiger partial charge in [-0.3, -0.25) is 9.59 Å². The molecule has 0 aromatic rings. The normalized spacial score (nSPS) is 11.7. The number of carboxylic acids is 2. The van der Waals surface area contributed by atoms with Gasteiger partial charge >= 0.3 is 11.9 Å². The van der Waals surface area contributed by atoms with Crippen LogP contribution in [0.2, 0.25) is 0 Å². The lowest BCUT2D eigenvalue weighted by Gasteiger charge is -2.06. The van der Waals surface area contributed by atoms with E-state index in [2.05, 4.69) is 12.7 Å². The van der Waals surface area contributed by atoms with Gasteiger partial charge in [0.25, 0.3) is 0 Å². The monoisotopic (exact) mass is 319 g/mol. The zero-order valence-electron chi connectivity index (χ0n) is 14.0. The molecule has 132 valence electrons. The highest BCUT2D eigenvalue weighted by atomic mass is 16.4. The van der Waals surface area contributed by atoms with Gasteiger partial charge in [0.2, 0.25) is 0 Å². The van der Waals surface area contributed by atoms with E-state index < -0.39 is 24.1 Å². The summed E-state index contributed by atoms with van der Waals surface area (Å²) in [5.41, 5.74) is 4.67. The molecule has 0 aromatic heterocycles. The van der Waals surface area contributed by atoms with Crippen LogP contribution in [0.25, 0.3) is 0 Å². The Labute approximate surface area is 133 Å². The third-order valence-electron chi connectivity index (χ3n) is 3.19. The van der Waals surface area contributed by atoms with E-state index in [0.717, 1.165) is 12.8 Å². The van der Waals surface area contributed by atoms with Crippen molar-refractivity contribution in [2.24, 2.45) is 11.7 Å². The topological polar surface area (TPSA) is 121 Å². The highest BCUT2D eigenvalue weighted by molar-refractivity contribution is 5.92. The fourth-order valence-corrected chi connectivity index (χ4v) is 2.01. The first-order valence-corrected chi connectivity index (χ1v) is 8.22. The lowest BCUT2D eigenvalue weighted by Crippen LogP contribution is -2.23. The van der Waals surface area contributed by atoms with Crippen molar-refractivity contribution in [1.29, 1.82) is 0 Å². The van der Waals surface area contributed by atoms with E-state index >= 15 is 0 Å². The average molecular weight is 319 g/mol. The Bertz CT molecular complexity index is 265. The van der Waals surface area contributed by atoms with E-state index in [0.29, 0.717) is 6.42 Å². The van der Waals surface area contributed by atoms with Crippen LogP contribution in [-0.4, -0.2) is 33.5 Å². The summed E-state index contributed by atoms with van der Waals surface area (Å²) in [6.07, 6.45) is 9.85. The van der Waals surface area contributed by atoms with Crippen LogP contribution in [0.5, 0.6) is 0 Å². The lowest BCUT2D eigenvalue weighted by molar-refractivity contribution is -0.154. The molecule has 5 N–H and O–H groups in total. The summed E-state index contributed by atoms with van der Waals surface area (Å²) in [7, 11) is 0.